The highest BCUT2D eigenvalue weighted by Gasteiger charge is 2.18. The summed E-state index contributed by atoms with van der Waals surface area (Å²) in [6.45, 7) is 3.47. The smallest absolute Gasteiger partial charge is 0.263 e. The molecule has 0 saturated heterocycles. The fraction of sp³-hybridized carbons (Fsp3) is 0.154. The van der Waals surface area contributed by atoms with Crippen LogP contribution in [-0.4, -0.2) is 13.4 Å². The molecule has 0 bridgehead atoms. The summed E-state index contributed by atoms with van der Waals surface area (Å²) >= 11 is 0. The highest BCUT2D eigenvalue weighted by molar-refractivity contribution is 7.92. The lowest BCUT2D eigenvalue weighted by Crippen LogP contribution is -2.15. The number of benzene rings is 1. The normalized spacial score (nSPS) is 11.3. The number of nitrogen functional groups attached to an aromatic ring is 1. The Balaban J connectivity index is 2.41. The summed E-state index contributed by atoms with van der Waals surface area (Å²) in [6, 6.07) is 9.94. The standard InChI is InChI=1S/C13H15N3O2S/c1-9-5-3-8-13(15-9)16-19(17,18)12-7-4-6-11(14)10(12)2/h3-8H,14H2,1-2H3,(H,15,16). The topological polar surface area (TPSA) is 85.1 Å². The Morgan fingerprint density at radius 3 is 2.47 bits per heavy atom. The zero-order valence-corrected chi connectivity index (χ0v) is 11.5. The largest absolute Gasteiger partial charge is 0.398 e. The second kappa shape index (κ2) is 4.89. The molecule has 0 aliphatic carbocycles. The molecule has 2 aromatic rings. The van der Waals surface area contributed by atoms with Crippen molar-refractivity contribution in [3.8, 4) is 0 Å². The molecule has 0 saturated carbocycles. The van der Waals surface area contributed by atoms with Crippen LogP contribution in [0, 0.1) is 13.8 Å². The van der Waals surface area contributed by atoms with Crippen molar-refractivity contribution in [3.05, 3.63) is 47.7 Å². The van der Waals surface area contributed by atoms with Gasteiger partial charge >= 0.3 is 0 Å². The van der Waals surface area contributed by atoms with E-state index in [-0.39, 0.29) is 4.90 Å². The Labute approximate surface area is 112 Å². The van der Waals surface area contributed by atoms with E-state index in [9.17, 15) is 8.42 Å². The van der Waals surface area contributed by atoms with Gasteiger partial charge in [0.2, 0.25) is 0 Å². The minimum absolute atomic E-state index is 0.163. The fourth-order valence-corrected chi connectivity index (χ4v) is 2.99. The van der Waals surface area contributed by atoms with E-state index in [1.807, 2.05) is 0 Å². The maximum absolute atomic E-state index is 12.3. The number of aryl methyl sites for hydroxylation is 1. The van der Waals surface area contributed by atoms with Crippen molar-refractivity contribution in [2.24, 2.45) is 0 Å². The van der Waals surface area contributed by atoms with Crippen molar-refractivity contribution in [3.63, 3.8) is 0 Å². The van der Waals surface area contributed by atoms with Crippen LogP contribution in [0.2, 0.25) is 0 Å². The van der Waals surface area contributed by atoms with E-state index in [0.29, 0.717) is 17.1 Å². The quantitative estimate of drug-likeness (QED) is 0.841. The molecule has 0 aliphatic rings. The van der Waals surface area contributed by atoms with Crippen LogP contribution in [0.15, 0.2) is 41.3 Å². The highest BCUT2D eigenvalue weighted by atomic mass is 32.2. The lowest BCUT2D eigenvalue weighted by Gasteiger charge is -2.11. The van der Waals surface area contributed by atoms with Crippen LogP contribution in [0.4, 0.5) is 11.5 Å². The second-order valence-corrected chi connectivity index (χ2v) is 5.89. The number of sulfonamides is 1. The lowest BCUT2D eigenvalue weighted by molar-refractivity contribution is 0.600. The molecule has 1 aromatic heterocycles. The molecule has 0 spiro atoms. The molecule has 0 unspecified atom stereocenters. The van der Waals surface area contributed by atoms with Crippen molar-refractivity contribution < 1.29 is 8.42 Å². The van der Waals surface area contributed by atoms with Gasteiger partial charge in [0.1, 0.15) is 5.82 Å². The second-order valence-electron chi connectivity index (χ2n) is 4.24. The van der Waals surface area contributed by atoms with Crippen LogP contribution in [0.3, 0.4) is 0 Å². The van der Waals surface area contributed by atoms with E-state index in [1.165, 1.54) is 6.07 Å². The number of rotatable bonds is 3. The van der Waals surface area contributed by atoms with Gasteiger partial charge in [0.25, 0.3) is 10.0 Å². The number of hydrogen-bond acceptors (Lipinski definition) is 4. The third kappa shape index (κ3) is 2.85. The van der Waals surface area contributed by atoms with Crippen molar-refractivity contribution in [2.45, 2.75) is 18.7 Å². The average molecular weight is 277 g/mol. The van der Waals surface area contributed by atoms with Crippen molar-refractivity contribution >= 4 is 21.5 Å². The zero-order valence-electron chi connectivity index (χ0n) is 10.7. The first kappa shape index (κ1) is 13.4. The van der Waals surface area contributed by atoms with Crippen molar-refractivity contribution in [1.82, 2.24) is 4.98 Å². The van der Waals surface area contributed by atoms with Crippen LogP contribution in [0.1, 0.15) is 11.3 Å². The van der Waals surface area contributed by atoms with E-state index in [2.05, 4.69) is 9.71 Å². The molecular formula is C13H15N3O2S. The van der Waals surface area contributed by atoms with Gasteiger partial charge in [-0.2, -0.15) is 0 Å². The zero-order chi connectivity index (χ0) is 14.0. The van der Waals surface area contributed by atoms with Gasteiger partial charge in [-0.05, 0) is 43.7 Å². The Bertz CT molecular complexity index is 712. The summed E-state index contributed by atoms with van der Waals surface area (Å²) < 4.78 is 27.0. The Morgan fingerprint density at radius 2 is 1.79 bits per heavy atom. The Kier molecular flexibility index (Phi) is 3.44. The molecule has 0 atom stereocenters. The molecule has 1 aromatic carbocycles. The molecule has 0 amide bonds. The maximum atomic E-state index is 12.3. The molecule has 19 heavy (non-hydrogen) atoms. The van der Waals surface area contributed by atoms with Gasteiger partial charge in [0, 0.05) is 11.4 Å². The van der Waals surface area contributed by atoms with Gasteiger partial charge < -0.3 is 5.73 Å². The van der Waals surface area contributed by atoms with Gasteiger partial charge in [-0.3, -0.25) is 4.72 Å². The van der Waals surface area contributed by atoms with Gasteiger partial charge in [-0.1, -0.05) is 12.1 Å². The van der Waals surface area contributed by atoms with Gasteiger partial charge in [-0.25, -0.2) is 13.4 Å². The Morgan fingerprint density at radius 1 is 1.11 bits per heavy atom. The van der Waals surface area contributed by atoms with Gasteiger partial charge in [0.15, 0.2) is 0 Å². The van der Waals surface area contributed by atoms with Crippen molar-refractivity contribution in [1.29, 1.82) is 0 Å². The maximum Gasteiger partial charge on any atom is 0.263 e. The van der Waals surface area contributed by atoms with E-state index >= 15 is 0 Å². The van der Waals surface area contributed by atoms with Crippen LogP contribution in [0.5, 0.6) is 0 Å². The number of hydrogen-bond donors (Lipinski definition) is 2. The molecule has 0 aliphatic heterocycles. The van der Waals surface area contributed by atoms with E-state index < -0.39 is 10.0 Å². The molecule has 0 fully saturated rings. The fourth-order valence-electron chi connectivity index (χ4n) is 1.72. The predicted octanol–water partition coefficient (Wildman–Crippen LogP) is 2.08. The molecule has 6 heteroatoms. The average Bonchev–Trinajstić information content (AvgIpc) is 2.32. The summed E-state index contributed by atoms with van der Waals surface area (Å²) in [5.74, 6) is 0.293. The third-order valence-electron chi connectivity index (χ3n) is 2.74. The minimum atomic E-state index is -3.68. The SMILES string of the molecule is Cc1cccc(NS(=O)(=O)c2cccc(N)c2C)n1. The first-order valence-electron chi connectivity index (χ1n) is 5.72. The van der Waals surface area contributed by atoms with Gasteiger partial charge in [0.05, 0.1) is 4.90 Å². The van der Waals surface area contributed by atoms with Crippen LogP contribution >= 0.6 is 0 Å². The minimum Gasteiger partial charge on any atom is -0.398 e. The molecular weight excluding hydrogens is 262 g/mol. The molecule has 100 valence electrons. The lowest BCUT2D eigenvalue weighted by atomic mass is 10.2. The molecule has 2 rings (SSSR count). The Hall–Kier alpha value is -2.08. The van der Waals surface area contributed by atoms with Crippen LogP contribution < -0.4 is 10.5 Å². The van der Waals surface area contributed by atoms with Crippen LogP contribution in [0.25, 0.3) is 0 Å². The summed E-state index contributed by atoms with van der Waals surface area (Å²) in [5, 5.41) is 0. The summed E-state index contributed by atoms with van der Waals surface area (Å²) in [6.07, 6.45) is 0. The van der Waals surface area contributed by atoms with Gasteiger partial charge in [-0.15, -0.1) is 0 Å². The first-order chi connectivity index (χ1) is 8.90. The third-order valence-corrected chi connectivity index (χ3v) is 4.24. The summed E-state index contributed by atoms with van der Waals surface area (Å²) in [4.78, 5) is 4.28. The molecule has 3 N–H and O–H groups in total. The number of nitrogens with zero attached hydrogens (tertiary/aromatic N) is 1. The summed E-state index contributed by atoms with van der Waals surface area (Å²) in [7, 11) is -3.68. The summed E-state index contributed by atoms with van der Waals surface area (Å²) in [5.41, 5.74) is 7.44. The van der Waals surface area contributed by atoms with Crippen LogP contribution in [-0.2, 0) is 10.0 Å². The number of nitrogens with two attached hydrogens (primary N) is 1. The molecule has 5 nitrogen and oxygen atoms in total. The molecule has 0 radical (unpaired) electrons. The number of aromatic nitrogens is 1. The van der Waals surface area contributed by atoms with E-state index in [4.69, 9.17) is 5.73 Å². The number of pyridine rings is 1. The molecule has 1 heterocycles. The predicted molar refractivity (Wildman–Crippen MR) is 75.4 cm³/mol. The number of nitrogens with one attached hydrogen (secondary N) is 1. The highest BCUT2D eigenvalue weighted by Crippen LogP contribution is 2.22. The van der Waals surface area contributed by atoms with Crippen molar-refractivity contribution in [2.75, 3.05) is 10.5 Å². The monoisotopic (exact) mass is 277 g/mol. The first-order valence-corrected chi connectivity index (χ1v) is 7.20. The van der Waals surface area contributed by atoms with E-state index in [1.54, 1.807) is 44.2 Å². The van der Waals surface area contributed by atoms with E-state index in [0.717, 1.165) is 5.69 Å². The number of anilines is 2.